The van der Waals surface area contributed by atoms with Gasteiger partial charge in [0.1, 0.15) is 17.7 Å². The Morgan fingerprint density at radius 1 is 1.37 bits per heavy atom. The summed E-state index contributed by atoms with van der Waals surface area (Å²) in [5, 5.41) is -0.114. The molecule has 0 aromatic rings. The first-order valence-electron chi connectivity index (χ1n) is 10.4. The number of carbonyl (C=O) groups excluding carboxylic acids is 2. The van der Waals surface area contributed by atoms with Gasteiger partial charge in [-0.1, -0.05) is 33.4 Å². The molecule has 0 radical (unpaired) electrons. The molecule has 2 saturated heterocycles. The number of esters is 1. The number of hydrogen-bond donors (Lipinski definition) is 0. The Balaban J connectivity index is 1.77. The molecule has 3 atom stereocenters. The highest BCUT2D eigenvalue weighted by Gasteiger charge is 2.59. The predicted molar refractivity (Wildman–Crippen MR) is 118 cm³/mol. The molecule has 0 aliphatic carbocycles. The molecule has 0 saturated carbocycles. The third kappa shape index (κ3) is 4.41. The SMILES string of the molecule is C=CCOC(=O)C1=C(CC2OCCO2)S[C@@H]2[C@@H]([C@@H](C)O[Si](C)(C)C(C)(C)C)C(=O)N12. The third-order valence-electron chi connectivity index (χ3n) is 6.21. The van der Waals surface area contributed by atoms with E-state index in [0.29, 0.717) is 25.3 Å². The second-order valence-corrected chi connectivity index (χ2v) is 15.3. The van der Waals surface area contributed by atoms with Crippen LogP contribution in [0.2, 0.25) is 18.1 Å². The van der Waals surface area contributed by atoms with E-state index in [9.17, 15) is 9.59 Å². The first-order chi connectivity index (χ1) is 14.0. The van der Waals surface area contributed by atoms with E-state index in [4.69, 9.17) is 18.6 Å². The van der Waals surface area contributed by atoms with Crippen molar-refractivity contribution in [3.63, 3.8) is 0 Å². The van der Waals surface area contributed by atoms with Gasteiger partial charge in [0.2, 0.25) is 5.91 Å². The zero-order valence-corrected chi connectivity index (χ0v) is 20.5. The first kappa shape index (κ1) is 23.5. The quantitative estimate of drug-likeness (QED) is 0.239. The molecule has 30 heavy (non-hydrogen) atoms. The number of fused-ring (bicyclic) bond motifs is 1. The minimum Gasteiger partial charge on any atom is -0.457 e. The molecule has 9 heteroatoms. The van der Waals surface area contributed by atoms with Gasteiger partial charge in [-0.2, -0.15) is 0 Å². The average Bonchev–Trinajstić information content (AvgIpc) is 3.24. The number of β-lactam (4-membered cyclic amide) rings is 1. The van der Waals surface area contributed by atoms with E-state index in [-0.39, 0.29) is 34.9 Å². The van der Waals surface area contributed by atoms with Crippen molar-refractivity contribution in [1.82, 2.24) is 4.90 Å². The van der Waals surface area contributed by atoms with Crippen molar-refractivity contribution in [1.29, 1.82) is 0 Å². The van der Waals surface area contributed by atoms with Gasteiger partial charge in [0.05, 0.1) is 25.2 Å². The predicted octanol–water partition coefficient (Wildman–Crippen LogP) is 3.63. The number of amides is 1. The van der Waals surface area contributed by atoms with Crippen molar-refractivity contribution in [2.75, 3.05) is 19.8 Å². The molecule has 0 unspecified atom stereocenters. The average molecular weight is 456 g/mol. The molecule has 3 heterocycles. The Morgan fingerprint density at radius 3 is 2.57 bits per heavy atom. The molecule has 0 spiro atoms. The maximum absolute atomic E-state index is 13.1. The molecule has 0 aromatic carbocycles. The van der Waals surface area contributed by atoms with E-state index in [1.807, 2.05) is 6.92 Å². The van der Waals surface area contributed by atoms with E-state index >= 15 is 0 Å². The highest BCUT2D eigenvalue weighted by atomic mass is 32.2. The summed E-state index contributed by atoms with van der Waals surface area (Å²) < 4.78 is 22.9. The summed E-state index contributed by atoms with van der Waals surface area (Å²) in [5.74, 6) is -0.899. The van der Waals surface area contributed by atoms with Crippen molar-refractivity contribution >= 4 is 32.0 Å². The minimum absolute atomic E-state index is 0.0524. The Kier molecular flexibility index (Phi) is 6.89. The minimum atomic E-state index is -2.03. The van der Waals surface area contributed by atoms with Crippen LogP contribution in [-0.2, 0) is 28.2 Å². The number of carbonyl (C=O) groups is 2. The Hall–Kier alpha value is -1.13. The number of nitrogens with zero attached hydrogens (tertiary/aromatic N) is 1. The van der Waals surface area contributed by atoms with Crippen molar-refractivity contribution < 1.29 is 28.2 Å². The number of rotatable bonds is 8. The molecule has 3 aliphatic heterocycles. The maximum Gasteiger partial charge on any atom is 0.356 e. The van der Waals surface area contributed by atoms with Crippen LogP contribution in [0.5, 0.6) is 0 Å². The van der Waals surface area contributed by atoms with Crippen LogP contribution >= 0.6 is 11.8 Å². The maximum atomic E-state index is 13.1. The molecule has 0 bridgehead atoms. The van der Waals surface area contributed by atoms with Gasteiger partial charge in [0.25, 0.3) is 0 Å². The summed E-state index contributed by atoms with van der Waals surface area (Å²) in [6, 6.07) is 0. The fraction of sp³-hybridized carbons (Fsp3) is 0.714. The second kappa shape index (κ2) is 8.78. The fourth-order valence-electron chi connectivity index (χ4n) is 3.57. The molecule has 3 rings (SSSR count). The molecular weight excluding hydrogens is 422 g/mol. The van der Waals surface area contributed by atoms with Crippen LogP contribution in [0.3, 0.4) is 0 Å². The topological polar surface area (TPSA) is 74.3 Å². The summed E-state index contributed by atoms with van der Waals surface area (Å²) in [6.45, 7) is 17.6. The lowest BCUT2D eigenvalue weighted by Crippen LogP contribution is -2.62. The summed E-state index contributed by atoms with van der Waals surface area (Å²) in [5.41, 5.74) is 0.312. The zero-order valence-electron chi connectivity index (χ0n) is 18.7. The van der Waals surface area contributed by atoms with Crippen molar-refractivity contribution in [2.24, 2.45) is 5.92 Å². The highest BCUT2D eigenvalue weighted by Crippen LogP contribution is 2.53. The second-order valence-electron chi connectivity index (χ2n) is 9.36. The summed E-state index contributed by atoms with van der Waals surface area (Å²) in [4.78, 5) is 28.2. The van der Waals surface area contributed by atoms with Gasteiger partial charge in [-0.25, -0.2) is 4.79 Å². The first-order valence-corrected chi connectivity index (χ1v) is 14.2. The van der Waals surface area contributed by atoms with Crippen LogP contribution in [0.15, 0.2) is 23.3 Å². The summed E-state index contributed by atoms with van der Waals surface area (Å²) in [6.07, 6.45) is 1.31. The molecule has 7 nitrogen and oxygen atoms in total. The largest absolute Gasteiger partial charge is 0.457 e. The monoisotopic (exact) mass is 455 g/mol. The Bertz CT molecular complexity index is 740. The van der Waals surface area contributed by atoms with Gasteiger partial charge in [-0.3, -0.25) is 9.69 Å². The molecule has 3 aliphatic rings. The molecule has 0 aromatic heterocycles. The van der Waals surface area contributed by atoms with Crippen LogP contribution in [0.25, 0.3) is 0 Å². The lowest BCUT2D eigenvalue weighted by atomic mass is 9.92. The van der Waals surface area contributed by atoms with Crippen molar-refractivity contribution in [3.8, 4) is 0 Å². The summed E-state index contributed by atoms with van der Waals surface area (Å²) >= 11 is 1.52. The van der Waals surface area contributed by atoms with Crippen LogP contribution in [-0.4, -0.2) is 62.7 Å². The van der Waals surface area contributed by atoms with Crippen molar-refractivity contribution in [3.05, 3.63) is 23.3 Å². The molecule has 2 fully saturated rings. The third-order valence-corrected chi connectivity index (χ3v) is 12.2. The standard InChI is InChI=1S/C21H33NO6SSi/c1-8-9-27-20(24)17-14(12-15-25-10-11-26-15)29-19-16(18(23)22(17)19)13(2)28-30(6,7)21(3,4)5/h8,13,15-16,19H,1,9-12H2,2-7H3/t13-,16+,19-/m1/s1. The van der Waals surface area contributed by atoms with Crippen molar-refractivity contribution in [2.45, 2.75) is 70.0 Å². The van der Waals surface area contributed by atoms with E-state index in [2.05, 4.69) is 40.4 Å². The normalized spacial score (nSPS) is 25.9. The van der Waals surface area contributed by atoms with E-state index < -0.39 is 20.6 Å². The van der Waals surface area contributed by atoms with E-state index in [1.54, 1.807) is 4.90 Å². The molecule has 168 valence electrons. The Morgan fingerprint density at radius 2 is 2.00 bits per heavy atom. The highest BCUT2D eigenvalue weighted by molar-refractivity contribution is 8.04. The Labute approximate surface area is 184 Å². The smallest absolute Gasteiger partial charge is 0.356 e. The van der Waals surface area contributed by atoms with Gasteiger partial charge in [0.15, 0.2) is 14.6 Å². The van der Waals surface area contributed by atoms with E-state index in [1.165, 1.54) is 17.8 Å². The molecular formula is C21H33NO6SSi. The van der Waals surface area contributed by atoms with Gasteiger partial charge in [0, 0.05) is 11.3 Å². The van der Waals surface area contributed by atoms with Crippen LogP contribution in [0.1, 0.15) is 34.1 Å². The lowest BCUT2D eigenvalue weighted by Gasteiger charge is -2.48. The number of ether oxygens (including phenoxy) is 3. The number of hydrogen-bond acceptors (Lipinski definition) is 7. The van der Waals surface area contributed by atoms with Crippen LogP contribution in [0, 0.1) is 5.92 Å². The summed E-state index contributed by atoms with van der Waals surface area (Å²) in [7, 11) is -2.03. The van der Waals surface area contributed by atoms with E-state index in [0.717, 1.165) is 4.91 Å². The van der Waals surface area contributed by atoms with Crippen LogP contribution < -0.4 is 0 Å². The van der Waals surface area contributed by atoms with Crippen LogP contribution in [0.4, 0.5) is 0 Å². The van der Waals surface area contributed by atoms with Gasteiger partial charge in [-0.15, -0.1) is 11.8 Å². The number of thioether (sulfide) groups is 1. The van der Waals surface area contributed by atoms with Gasteiger partial charge >= 0.3 is 5.97 Å². The van der Waals surface area contributed by atoms with Gasteiger partial charge in [-0.05, 0) is 25.1 Å². The zero-order chi connectivity index (χ0) is 22.3. The van der Waals surface area contributed by atoms with Gasteiger partial charge < -0.3 is 18.6 Å². The molecule has 0 N–H and O–H groups in total. The molecule has 1 amide bonds. The lowest BCUT2D eigenvalue weighted by molar-refractivity contribution is -0.157. The fourth-order valence-corrected chi connectivity index (χ4v) is 6.62.